The molecule has 21 heavy (non-hydrogen) atoms. The van der Waals surface area contributed by atoms with E-state index in [0.717, 1.165) is 0 Å². The first-order chi connectivity index (χ1) is 9.84. The van der Waals surface area contributed by atoms with Crippen LogP contribution in [-0.4, -0.2) is 58.4 Å². The molecule has 1 aliphatic heterocycles. The van der Waals surface area contributed by atoms with Gasteiger partial charge in [-0.1, -0.05) is 0 Å². The Hall–Kier alpha value is -2.22. The van der Waals surface area contributed by atoms with Crippen LogP contribution in [0.4, 0.5) is 0 Å². The molecule has 0 spiro atoms. The average Bonchev–Trinajstić information content (AvgIpc) is 2.92. The summed E-state index contributed by atoms with van der Waals surface area (Å²) in [4.78, 5) is 36.8. The van der Waals surface area contributed by atoms with Gasteiger partial charge in [0.1, 0.15) is 11.5 Å². The molecule has 2 heterocycles. The maximum Gasteiger partial charge on any atom is 0.311 e. The molecule has 2 atom stereocenters. The molecule has 1 fully saturated rings. The lowest BCUT2D eigenvalue weighted by Gasteiger charge is -2.26. The van der Waals surface area contributed by atoms with E-state index < -0.39 is 29.4 Å². The van der Waals surface area contributed by atoms with Crippen LogP contribution in [0.5, 0.6) is 0 Å². The number of carbonyl (C=O) groups excluding carboxylic acids is 1. The third-order valence-electron chi connectivity index (χ3n) is 3.87. The van der Waals surface area contributed by atoms with Crippen LogP contribution in [0.1, 0.15) is 21.6 Å². The van der Waals surface area contributed by atoms with Crippen molar-refractivity contribution in [3.05, 3.63) is 27.2 Å². The van der Waals surface area contributed by atoms with E-state index in [0.29, 0.717) is 11.3 Å². The van der Waals surface area contributed by atoms with Crippen LogP contribution in [0.2, 0.25) is 0 Å². The van der Waals surface area contributed by atoms with Crippen molar-refractivity contribution < 1.29 is 19.4 Å². The van der Waals surface area contributed by atoms with E-state index in [1.807, 2.05) is 0 Å². The highest BCUT2D eigenvalue weighted by atomic mass is 16.5. The van der Waals surface area contributed by atoms with E-state index in [4.69, 9.17) is 9.84 Å². The molecule has 0 radical (unpaired) electrons. The van der Waals surface area contributed by atoms with Crippen molar-refractivity contribution in [1.29, 1.82) is 0 Å². The zero-order valence-corrected chi connectivity index (χ0v) is 12.0. The van der Waals surface area contributed by atoms with Crippen molar-refractivity contribution in [1.82, 2.24) is 15.1 Å². The monoisotopic (exact) mass is 295 g/mol. The number of nitrogens with zero attached hydrogens (tertiary/aromatic N) is 2. The molecular weight excluding hydrogens is 278 g/mol. The lowest BCUT2D eigenvalue weighted by atomic mass is 10.0. The topological polar surface area (TPSA) is 113 Å². The molecule has 8 heteroatoms. The van der Waals surface area contributed by atoms with Crippen LogP contribution < -0.4 is 5.56 Å². The van der Waals surface area contributed by atoms with E-state index in [1.165, 1.54) is 11.9 Å². The Balaban J connectivity index is 2.34. The van der Waals surface area contributed by atoms with Gasteiger partial charge in [-0.15, -0.1) is 0 Å². The highest BCUT2D eigenvalue weighted by Crippen LogP contribution is 2.21. The Labute approximate surface area is 120 Å². The molecule has 1 saturated heterocycles. The van der Waals surface area contributed by atoms with E-state index in [1.54, 1.807) is 13.8 Å². The van der Waals surface area contributed by atoms with Gasteiger partial charge >= 0.3 is 5.97 Å². The fraction of sp³-hybridized carbons (Fsp3) is 0.538. The second kappa shape index (κ2) is 5.65. The number of likely N-dealkylation sites (N-methyl/N-ethyl adjacent to an activating group) is 1. The number of ether oxygens (including phenoxy) is 1. The first-order valence-corrected chi connectivity index (χ1v) is 6.48. The number of aromatic amines is 1. The predicted octanol–water partition coefficient (Wildman–Crippen LogP) is -0.442. The lowest BCUT2D eigenvalue weighted by molar-refractivity contribution is -0.142. The molecule has 114 valence electrons. The third-order valence-corrected chi connectivity index (χ3v) is 3.87. The van der Waals surface area contributed by atoms with Gasteiger partial charge in [-0.3, -0.25) is 14.4 Å². The zero-order valence-electron chi connectivity index (χ0n) is 12.0. The van der Waals surface area contributed by atoms with Crippen molar-refractivity contribution in [2.75, 3.05) is 20.3 Å². The molecule has 1 amide bonds. The van der Waals surface area contributed by atoms with Crippen LogP contribution in [0, 0.1) is 19.8 Å². The van der Waals surface area contributed by atoms with Gasteiger partial charge in [-0.05, 0) is 19.4 Å². The molecule has 0 saturated carbocycles. The SMILES string of the molecule is Cc1n[nH]c(=O)c(C(=O)N(C)C2COCC2C(=O)O)c1C. The van der Waals surface area contributed by atoms with Gasteiger partial charge in [0.25, 0.3) is 11.5 Å². The second-order valence-electron chi connectivity index (χ2n) is 5.10. The summed E-state index contributed by atoms with van der Waals surface area (Å²) in [5.41, 5.74) is 0.437. The molecule has 8 nitrogen and oxygen atoms in total. The van der Waals surface area contributed by atoms with Gasteiger partial charge in [0.05, 0.1) is 24.9 Å². The number of carboxylic acid groups (broad SMARTS) is 1. The average molecular weight is 295 g/mol. The normalized spacial score (nSPS) is 21.3. The smallest absolute Gasteiger partial charge is 0.311 e. The van der Waals surface area contributed by atoms with Crippen molar-refractivity contribution in [2.45, 2.75) is 19.9 Å². The fourth-order valence-electron chi connectivity index (χ4n) is 2.37. The number of carbonyl (C=O) groups is 2. The second-order valence-corrected chi connectivity index (χ2v) is 5.10. The summed E-state index contributed by atoms with van der Waals surface area (Å²) in [5.74, 6) is -2.34. The van der Waals surface area contributed by atoms with Crippen LogP contribution >= 0.6 is 0 Å². The lowest BCUT2D eigenvalue weighted by Crippen LogP contribution is -2.45. The fourth-order valence-corrected chi connectivity index (χ4v) is 2.37. The van der Waals surface area contributed by atoms with E-state index >= 15 is 0 Å². The Morgan fingerprint density at radius 2 is 2.05 bits per heavy atom. The molecule has 2 N–H and O–H groups in total. The minimum Gasteiger partial charge on any atom is -0.481 e. The van der Waals surface area contributed by atoms with Crippen LogP contribution in [-0.2, 0) is 9.53 Å². The summed E-state index contributed by atoms with van der Waals surface area (Å²) in [7, 11) is 1.48. The standard InChI is InChI=1S/C13H17N3O5/c1-6-7(2)14-15-11(17)10(6)12(18)16(3)9-5-21-4-8(9)13(19)20/h8-9H,4-5H2,1-3H3,(H,15,17)(H,19,20). The molecule has 2 unspecified atom stereocenters. The summed E-state index contributed by atoms with van der Waals surface area (Å²) in [6.45, 7) is 3.52. The predicted molar refractivity (Wildman–Crippen MR) is 72.2 cm³/mol. The highest BCUT2D eigenvalue weighted by molar-refractivity contribution is 5.95. The summed E-state index contributed by atoms with van der Waals surface area (Å²) < 4.78 is 5.15. The van der Waals surface area contributed by atoms with Gasteiger partial charge < -0.3 is 14.7 Å². The number of H-pyrrole nitrogens is 1. The Bertz CT molecular complexity index is 639. The minimum atomic E-state index is -1.02. The Morgan fingerprint density at radius 3 is 2.67 bits per heavy atom. The molecule has 2 rings (SSSR count). The largest absolute Gasteiger partial charge is 0.481 e. The number of aryl methyl sites for hydroxylation is 1. The van der Waals surface area contributed by atoms with Crippen molar-refractivity contribution in [2.24, 2.45) is 5.92 Å². The number of aliphatic carboxylic acids is 1. The number of hydrogen-bond acceptors (Lipinski definition) is 5. The van der Waals surface area contributed by atoms with E-state index in [2.05, 4.69) is 10.2 Å². The highest BCUT2D eigenvalue weighted by Gasteiger charge is 2.39. The molecule has 0 aliphatic carbocycles. The van der Waals surface area contributed by atoms with Crippen molar-refractivity contribution in [3.8, 4) is 0 Å². The number of hydrogen-bond donors (Lipinski definition) is 2. The maximum atomic E-state index is 12.5. The number of carboxylic acids is 1. The van der Waals surface area contributed by atoms with Crippen LogP contribution in [0.3, 0.4) is 0 Å². The van der Waals surface area contributed by atoms with Crippen molar-refractivity contribution >= 4 is 11.9 Å². The summed E-state index contributed by atoms with van der Waals surface area (Å²) in [5, 5.41) is 15.2. The summed E-state index contributed by atoms with van der Waals surface area (Å²) in [6.07, 6.45) is 0. The number of amides is 1. The van der Waals surface area contributed by atoms with E-state index in [-0.39, 0.29) is 18.8 Å². The Morgan fingerprint density at radius 1 is 1.38 bits per heavy atom. The molecule has 1 aromatic heterocycles. The molecule has 1 aliphatic rings. The quantitative estimate of drug-likeness (QED) is 0.781. The van der Waals surface area contributed by atoms with Gasteiger partial charge in [0.2, 0.25) is 0 Å². The van der Waals surface area contributed by atoms with Gasteiger partial charge in [0.15, 0.2) is 0 Å². The Kier molecular flexibility index (Phi) is 4.08. The first kappa shape index (κ1) is 15.2. The van der Waals surface area contributed by atoms with E-state index in [9.17, 15) is 14.4 Å². The molecule has 0 aromatic carbocycles. The molecule has 0 bridgehead atoms. The van der Waals surface area contributed by atoms with Crippen LogP contribution in [0.25, 0.3) is 0 Å². The van der Waals surface area contributed by atoms with Gasteiger partial charge in [0, 0.05) is 7.05 Å². The van der Waals surface area contributed by atoms with Crippen LogP contribution in [0.15, 0.2) is 4.79 Å². The minimum absolute atomic E-state index is 0.0129. The summed E-state index contributed by atoms with van der Waals surface area (Å²) >= 11 is 0. The summed E-state index contributed by atoms with van der Waals surface area (Å²) in [6, 6.07) is -0.595. The first-order valence-electron chi connectivity index (χ1n) is 6.48. The number of aromatic nitrogens is 2. The third kappa shape index (κ3) is 2.66. The maximum absolute atomic E-state index is 12.5. The van der Waals surface area contributed by atoms with Gasteiger partial charge in [-0.2, -0.15) is 5.10 Å². The van der Waals surface area contributed by atoms with Gasteiger partial charge in [-0.25, -0.2) is 5.10 Å². The molecular formula is C13H17N3O5. The number of nitrogens with one attached hydrogen (secondary N) is 1. The zero-order chi connectivity index (χ0) is 15.7. The van der Waals surface area contributed by atoms with Crippen molar-refractivity contribution in [3.63, 3.8) is 0 Å². The number of rotatable bonds is 3. The molecule has 1 aromatic rings.